The van der Waals surface area contributed by atoms with Crippen molar-refractivity contribution in [1.82, 2.24) is 24.6 Å². The zero-order valence-corrected chi connectivity index (χ0v) is 16.4. The number of fused-ring (bicyclic) bond motifs is 2. The molecule has 1 aromatic carbocycles. The topological polar surface area (TPSA) is 106 Å². The zero-order valence-electron chi connectivity index (χ0n) is 19.4. The maximum atomic E-state index is 13.1. The number of ether oxygens (including phenoxy) is 2. The van der Waals surface area contributed by atoms with Gasteiger partial charge in [0, 0.05) is 18.1 Å². The van der Waals surface area contributed by atoms with Crippen molar-refractivity contribution < 1.29 is 18.4 Å². The highest BCUT2D eigenvalue weighted by atomic mass is 16.5. The second-order valence-electron chi connectivity index (χ2n) is 6.91. The largest absolute Gasteiger partial charge is 0.494 e. The summed E-state index contributed by atoms with van der Waals surface area (Å²) < 4.78 is 36.3. The lowest BCUT2D eigenvalue weighted by Gasteiger charge is -2.24. The molecule has 4 heterocycles. The van der Waals surface area contributed by atoms with E-state index >= 15 is 0 Å². The molecule has 0 spiro atoms. The first kappa shape index (κ1) is 15.1. The molecule has 0 atom stereocenters. The molecule has 30 heavy (non-hydrogen) atoms. The van der Waals surface area contributed by atoms with Crippen molar-refractivity contribution in [2.45, 2.75) is 6.54 Å². The molecule has 0 bridgehead atoms. The fraction of sp³-hybridized carbons (Fsp3) is 0.300. The summed E-state index contributed by atoms with van der Waals surface area (Å²) in [5.74, 6) is 1.10. The van der Waals surface area contributed by atoms with Gasteiger partial charge in [-0.2, -0.15) is 5.10 Å². The highest BCUT2D eigenvalue weighted by Gasteiger charge is 2.34. The van der Waals surface area contributed by atoms with Crippen LogP contribution in [0.1, 0.15) is 20.2 Å². The molecule has 0 unspecified atom stereocenters. The number of para-hydroxylation sites is 1. The summed E-state index contributed by atoms with van der Waals surface area (Å²) in [5.41, 5.74) is 2.04. The number of carbonyl (C=O) groups excluding carboxylic acids is 1. The number of hydrogen-bond acceptors (Lipinski definition) is 8. The Morgan fingerprint density at radius 1 is 1.40 bits per heavy atom. The Bertz CT molecular complexity index is 1260. The van der Waals surface area contributed by atoms with Crippen molar-refractivity contribution in [2.75, 3.05) is 37.9 Å². The smallest absolute Gasteiger partial charge is 0.258 e. The van der Waals surface area contributed by atoms with Gasteiger partial charge in [0.15, 0.2) is 23.1 Å². The van der Waals surface area contributed by atoms with E-state index in [4.69, 9.17) is 13.6 Å². The van der Waals surface area contributed by atoms with Crippen LogP contribution >= 0.6 is 0 Å². The summed E-state index contributed by atoms with van der Waals surface area (Å²) in [7, 11) is 3.29. The number of rotatable bonds is 4. The maximum absolute atomic E-state index is 13.1. The summed E-state index contributed by atoms with van der Waals surface area (Å²) >= 11 is 0. The molecule has 2 aliphatic rings. The number of pyridine rings is 1. The number of carbonyl (C=O) groups is 1. The van der Waals surface area contributed by atoms with Crippen LogP contribution in [0.5, 0.6) is 11.5 Å². The molecule has 0 fully saturated rings. The van der Waals surface area contributed by atoms with Crippen LogP contribution in [0.4, 0.5) is 17.2 Å². The highest BCUT2D eigenvalue weighted by molar-refractivity contribution is 6.06. The van der Waals surface area contributed by atoms with E-state index < -0.39 is 12.9 Å². The van der Waals surface area contributed by atoms with E-state index in [0.717, 1.165) is 4.90 Å². The summed E-state index contributed by atoms with van der Waals surface area (Å²) in [6.07, 6.45) is 1.59. The maximum Gasteiger partial charge on any atom is 0.258 e. The van der Waals surface area contributed by atoms with Crippen molar-refractivity contribution in [2.24, 2.45) is 7.05 Å². The van der Waals surface area contributed by atoms with Crippen LogP contribution in [0.2, 0.25) is 0 Å². The van der Waals surface area contributed by atoms with Gasteiger partial charge >= 0.3 is 0 Å². The van der Waals surface area contributed by atoms with Crippen LogP contribution in [0.25, 0.3) is 11.4 Å². The van der Waals surface area contributed by atoms with Crippen molar-refractivity contribution in [3.05, 3.63) is 35.8 Å². The Morgan fingerprint density at radius 2 is 2.30 bits per heavy atom. The predicted molar refractivity (Wildman–Crippen MR) is 110 cm³/mol. The molecule has 154 valence electrons. The van der Waals surface area contributed by atoms with Crippen LogP contribution in [0, 0.1) is 0 Å². The van der Waals surface area contributed by atoms with E-state index in [1.54, 1.807) is 30.2 Å². The first-order valence-corrected chi connectivity index (χ1v) is 9.33. The van der Waals surface area contributed by atoms with E-state index in [1.165, 1.54) is 7.11 Å². The summed E-state index contributed by atoms with van der Waals surface area (Å²) in [6.45, 7) is -1.80. The fourth-order valence-electron chi connectivity index (χ4n) is 3.65. The number of hydrogen-bond donors (Lipinski definition) is 2. The highest BCUT2D eigenvalue weighted by Crippen LogP contribution is 2.45. The second-order valence-corrected chi connectivity index (χ2v) is 6.91. The van der Waals surface area contributed by atoms with Gasteiger partial charge in [-0.15, -0.1) is 0 Å². The number of aromatic nitrogens is 4. The molecule has 0 saturated heterocycles. The number of nitrogens with one attached hydrogen (secondary N) is 2. The first-order chi connectivity index (χ1) is 15.8. The molecule has 10 nitrogen and oxygen atoms in total. The van der Waals surface area contributed by atoms with E-state index in [0.29, 0.717) is 58.9 Å². The average Bonchev–Trinajstić information content (AvgIpc) is 3.36. The van der Waals surface area contributed by atoms with Crippen molar-refractivity contribution in [3.8, 4) is 22.9 Å². The Morgan fingerprint density at radius 3 is 3.07 bits per heavy atom. The van der Waals surface area contributed by atoms with Crippen LogP contribution < -0.4 is 20.1 Å². The molecular formula is C20H21N7O3. The van der Waals surface area contributed by atoms with Crippen molar-refractivity contribution in [1.29, 1.82) is 0 Å². The van der Waals surface area contributed by atoms with Crippen LogP contribution in [0.3, 0.4) is 0 Å². The normalized spacial score (nSPS) is 16.5. The summed E-state index contributed by atoms with van der Waals surface area (Å²) in [4.78, 5) is 22.7. The van der Waals surface area contributed by atoms with Gasteiger partial charge in [0.1, 0.15) is 18.6 Å². The Kier molecular flexibility index (Phi) is 3.47. The lowest BCUT2D eigenvalue weighted by atomic mass is 10.1. The standard InChI is InChI=1S/C20H21N7O3/c1-26-9-13-14(20(26)28)15(17-19(24-13)21-7-8-30-17)23-12-6-4-5-11(16(12)29-3)18-22-10-27(2)25-18/h4-6,10H,7-9H2,1-3H3,(H2,21,23,24)/i1D3. The van der Waals surface area contributed by atoms with Crippen LogP contribution in [-0.2, 0) is 13.6 Å². The molecule has 3 aromatic rings. The number of aryl methyl sites for hydroxylation is 1. The van der Waals surface area contributed by atoms with Gasteiger partial charge < -0.3 is 25.0 Å². The van der Waals surface area contributed by atoms with Gasteiger partial charge in [0.2, 0.25) is 0 Å². The van der Waals surface area contributed by atoms with Crippen molar-refractivity contribution in [3.63, 3.8) is 0 Å². The SMILES string of the molecule is [2H]C([2H])([2H])N1Cc2nc3c(c(Nc4cccc(-c5ncn(C)n5)c4OC)c2C1=O)OCCN3. The number of amides is 1. The van der Waals surface area contributed by atoms with Gasteiger partial charge in [0.25, 0.3) is 5.91 Å². The molecule has 0 radical (unpaired) electrons. The molecule has 2 aromatic heterocycles. The first-order valence-electron chi connectivity index (χ1n) is 10.8. The zero-order chi connectivity index (χ0) is 23.3. The average molecular weight is 410 g/mol. The third-order valence-electron chi connectivity index (χ3n) is 4.95. The fourth-order valence-corrected chi connectivity index (χ4v) is 3.65. The van der Waals surface area contributed by atoms with E-state index in [-0.39, 0.29) is 12.1 Å². The minimum atomic E-state index is -2.59. The van der Waals surface area contributed by atoms with E-state index in [9.17, 15) is 4.79 Å². The minimum Gasteiger partial charge on any atom is -0.494 e. The third kappa shape index (κ3) is 2.79. The van der Waals surface area contributed by atoms with Crippen molar-refractivity contribution >= 4 is 23.1 Å². The van der Waals surface area contributed by atoms with Gasteiger partial charge in [-0.3, -0.25) is 9.48 Å². The Labute approximate surface area is 177 Å². The lowest BCUT2D eigenvalue weighted by Crippen LogP contribution is -2.22. The molecule has 10 heteroatoms. The van der Waals surface area contributed by atoms with Gasteiger partial charge in [-0.25, -0.2) is 9.97 Å². The molecule has 0 aliphatic carbocycles. The third-order valence-corrected chi connectivity index (χ3v) is 4.95. The Hall–Kier alpha value is -3.82. The Balaban J connectivity index is 1.65. The predicted octanol–water partition coefficient (Wildman–Crippen LogP) is 2.02. The molecular weight excluding hydrogens is 386 g/mol. The monoisotopic (exact) mass is 410 g/mol. The number of nitrogens with zero attached hydrogens (tertiary/aromatic N) is 5. The molecule has 5 rings (SSSR count). The van der Waals surface area contributed by atoms with Crippen LogP contribution in [-0.4, -0.2) is 57.8 Å². The summed E-state index contributed by atoms with van der Waals surface area (Å²) in [5, 5.41) is 10.7. The number of methoxy groups -OCH3 is 1. The summed E-state index contributed by atoms with van der Waals surface area (Å²) in [6, 6.07) is 5.41. The van der Waals surface area contributed by atoms with E-state index in [2.05, 4.69) is 25.7 Å². The number of anilines is 3. The minimum absolute atomic E-state index is 0.122. The quantitative estimate of drug-likeness (QED) is 0.673. The van der Waals surface area contributed by atoms with Gasteiger partial charge in [-0.05, 0) is 12.1 Å². The van der Waals surface area contributed by atoms with Gasteiger partial charge in [0.05, 0.1) is 42.7 Å². The second kappa shape index (κ2) is 6.90. The molecule has 0 saturated carbocycles. The molecule has 2 N–H and O–H groups in total. The van der Waals surface area contributed by atoms with Gasteiger partial charge in [-0.1, -0.05) is 6.07 Å². The van der Waals surface area contributed by atoms with Crippen LogP contribution in [0.15, 0.2) is 24.5 Å². The molecule has 2 aliphatic heterocycles. The molecule has 1 amide bonds. The lowest BCUT2D eigenvalue weighted by molar-refractivity contribution is 0.0816. The number of benzene rings is 1. The van der Waals surface area contributed by atoms with E-state index in [1.807, 2.05) is 6.07 Å².